The summed E-state index contributed by atoms with van der Waals surface area (Å²) in [5.41, 5.74) is 3.85. The van der Waals surface area contributed by atoms with E-state index in [1.54, 1.807) is 12.1 Å². The zero-order valence-electron chi connectivity index (χ0n) is 14.9. The lowest BCUT2D eigenvalue weighted by molar-refractivity contribution is 0.313. The highest BCUT2D eigenvalue weighted by Crippen LogP contribution is 2.31. The van der Waals surface area contributed by atoms with Crippen LogP contribution >= 0.6 is 0 Å². The molecular formula is C19H24N2O3S. The molecule has 1 heterocycles. The molecule has 2 aromatic rings. The van der Waals surface area contributed by atoms with Gasteiger partial charge in [-0.15, -0.1) is 0 Å². The van der Waals surface area contributed by atoms with E-state index in [1.165, 1.54) is 12.7 Å². The van der Waals surface area contributed by atoms with Gasteiger partial charge < -0.3 is 9.64 Å². The maximum Gasteiger partial charge on any atom is 0.265 e. The molecule has 5 nitrogen and oxygen atoms in total. The molecule has 1 aliphatic rings. The Labute approximate surface area is 149 Å². The van der Waals surface area contributed by atoms with E-state index in [-0.39, 0.29) is 4.90 Å². The van der Waals surface area contributed by atoms with Crippen LogP contribution in [0.4, 0.5) is 5.69 Å². The van der Waals surface area contributed by atoms with Crippen LogP contribution in [0.15, 0.2) is 41.3 Å². The molecule has 25 heavy (non-hydrogen) atoms. The normalized spacial score (nSPS) is 14.8. The van der Waals surface area contributed by atoms with Gasteiger partial charge in [0.2, 0.25) is 0 Å². The predicted octanol–water partition coefficient (Wildman–Crippen LogP) is 3.05. The van der Waals surface area contributed by atoms with Gasteiger partial charge in [0.25, 0.3) is 10.0 Å². The average molecular weight is 360 g/mol. The summed E-state index contributed by atoms with van der Waals surface area (Å²) in [4.78, 5) is 2.37. The number of hydrogen-bond donors (Lipinski definition) is 1. The van der Waals surface area contributed by atoms with Crippen molar-refractivity contribution in [3.05, 3.63) is 53.1 Å². The molecule has 0 fully saturated rings. The molecule has 134 valence electrons. The quantitative estimate of drug-likeness (QED) is 0.890. The fraction of sp³-hybridized carbons (Fsp3) is 0.368. The van der Waals surface area contributed by atoms with Gasteiger partial charge in [0.05, 0.1) is 12.8 Å². The first-order valence-electron chi connectivity index (χ1n) is 8.43. The fourth-order valence-corrected chi connectivity index (χ4v) is 4.48. The number of nitrogens with zero attached hydrogens (tertiary/aromatic N) is 1. The van der Waals surface area contributed by atoms with Crippen molar-refractivity contribution in [3.63, 3.8) is 0 Å². The highest BCUT2D eigenvalue weighted by Gasteiger charge is 2.23. The van der Waals surface area contributed by atoms with Gasteiger partial charge >= 0.3 is 0 Å². The molecule has 0 unspecified atom stereocenters. The van der Waals surface area contributed by atoms with Crippen molar-refractivity contribution in [2.75, 3.05) is 25.4 Å². The van der Waals surface area contributed by atoms with Gasteiger partial charge in [0.1, 0.15) is 10.6 Å². The molecule has 0 saturated heterocycles. The van der Waals surface area contributed by atoms with E-state index in [1.807, 2.05) is 32.2 Å². The molecule has 0 aliphatic carbocycles. The largest absolute Gasteiger partial charge is 0.495 e. The van der Waals surface area contributed by atoms with E-state index in [0.717, 1.165) is 37.1 Å². The minimum atomic E-state index is -3.73. The Balaban J connectivity index is 2.01. The SMILES string of the molecule is CCc1ccc(OC)c(S(=O)(=O)Nc2cccc3c2CN(C)CC3)c1. The molecule has 0 bridgehead atoms. The van der Waals surface area contributed by atoms with Gasteiger partial charge in [0.15, 0.2) is 0 Å². The van der Waals surface area contributed by atoms with E-state index in [9.17, 15) is 8.42 Å². The summed E-state index contributed by atoms with van der Waals surface area (Å²) in [6, 6.07) is 11.1. The van der Waals surface area contributed by atoms with Crippen LogP contribution in [0.25, 0.3) is 0 Å². The Morgan fingerprint density at radius 1 is 1.24 bits per heavy atom. The Kier molecular flexibility index (Phi) is 5.01. The van der Waals surface area contributed by atoms with Gasteiger partial charge in [-0.1, -0.05) is 25.1 Å². The van der Waals surface area contributed by atoms with Crippen LogP contribution in [0, 0.1) is 0 Å². The van der Waals surface area contributed by atoms with Crippen molar-refractivity contribution in [1.82, 2.24) is 4.90 Å². The van der Waals surface area contributed by atoms with Crippen LogP contribution in [-0.2, 0) is 29.4 Å². The standard InChI is InChI=1S/C19H24N2O3S/c1-4-14-8-9-18(24-3)19(12-14)25(22,23)20-17-7-5-6-15-10-11-21(2)13-16(15)17/h5-9,12,20H,4,10-11,13H2,1-3H3. The highest BCUT2D eigenvalue weighted by atomic mass is 32.2. The van der Waals surface area contributed by atoms with Crippen molar-refractivity contribution >= 4 is 15.7 Å². The lowest BCUT2D eigenvalue weighted by Gasteiger charge is -2.27. The second-order valence-electron chi connectivity index (χ2n) is 6.38. The Hall–Kier alpha value is -2.05. The number of methoxy groups -OCH3 is 1. The van der Waals surface area contributed by atoms with E-state index < -0.39 is 10.0 Å². The van der Waals surface area contributed by atoms with Gasteiger partial charge in [-0.25, -0.2) is 8.42 Å². The number of hydrogen-bond acceptors (Lipinski definition) is 4. The predicted molar refractivity (Wildman–Crippen MR) is 99.7 cm³/mol. The lowest BCUT2D eigenvalue weighted by atomic mass is 9.99. The Morgan fingerprint density at radius 3 is 2.76 bits per heavy atom. The molecule has 3 rings (SSSR count). The summed E-state index contributed by atoms with van der Waals surface area (Å²) in [5.74, 6) is 0.353. The molecule has 6 heteroatoms. The van der Waals surface area contributed by atoms with E-state index in [0.29, 0.717) is 11.4 Å². The van der Waals surface area contributed by atoms with E-state index >= 15 is 0 Å². The minimum absolute atomic E-state index is 0.177. The summed E-state index contributed by atoms with van der Waals surface area (Å²) in [6.45, 7) is 3.71. The number of nitrogens with one attached hydrogen (secondary N) is 1. The first-order valence-corrected chi connectivity index (χ1v) is 9.92. The molecule has 0 amide bonds. The third-order valence-corrected chi connectivity index (χ3v) is 6.02. The summed E-state index contributed by atoms with van der Waals surface area (Å²) in [7, 11) is -0.204. The molecule has 2 aromatic carbocycles. The van der Waals surface area contributed by atoms with Crippen LogP contribution in [0.3, 0.4) is 0 Å². The number of aryl methyl sites for hydroxylation is 1. The van der Waals surface area contributed by atoms with Gasteiger partial charge in [0, 0.05) is 13.1 Å². The van der Waals surface area contributed by atoms with E-state index in [2.05, 4.69) is 15.7 Å². The van der Waals surface area contributed by atoms with Gasteiger partial charge in [-0.3, -0.25) is 4.72 Å². The summed E-state index contributed by atoms with van der Waals surface area (Å²) < 4.78 is 34.1. The molecular weight excluding hydrogens is 336 g/mol. The van der Waals surface area contributed by atoms with Crippen molar-refractivity contribution in [1.29, 1.82) is 0 Å². The molecule has 1 aliphatic heterocycles. The number of benzene rings is 2. The zero-order chi connectivity index (χ0) is 18.0. The number of anilines is 1. The van der Waals surface area contributed by atoms with Crippen molar-refractivity contribution < 1.29 is 13.2 Å². The van der Waals surface area contributed by atoms with Crippen molar-refractivity contribution in [3.8, 4) is 5.75 Å². The number of ether oxygens (including phenoxy) is 1. The maximum absolute atomic E-state index is 13.0. The maximum atomic E-state index is 13.0. The van der Waals surface area contributed by atoms with Crippen LogP contribution in [0.2, 0.25) is 0 Å². The van der Waals surface area contributed by atoms with Crippen LogP contribution < -0.4 is 9.46 Å². The van der Waals surface area contributed by atoms with Crippen LogP contribution in [-0.4, -0.2) is 34.0 Å². The minimum Gasteiger partial charge on any atom is -0.495 e. The zero-order valence-corrected chi connectivity index (χ0v) is 15.7. The summed E-state index contributed by atoms with van der Waals surface area (Å²) in [6.07, 6.45) is 1.69. The molecule has 1 N–H and O–H groups in total. The second kappa shape index (κ2) is 7.06. The third-order valence-electron chi connectivity index (χ3n) is 4.63. The third kappa shape index (κ3) is 3.65. The number of fused-ring (bicyclic) bond motifs is 1. The monoisotopic (exact) mass is 360 g/mol. The molecule has 0 saturated carbocycles. The first-order chi connectivity index (χ1) is 11.9. The smallest absolute Gasteiger partial charge is 0.265 e. The van der Waals surface area contributed by atoms with Crippen molar-refractivity contribution in [2.45, 2.75) is 31.2 Å². The molecule has 0 atom stereocenters. The Bertz CT molecular complexity index is 878. The average Bonchev–Trinajstić information content (AvgIpc) is 2.61. The molecule has 0 aromatic heterocycles. The first kappa shape index (κ1) is 17.8. The topological polar surface area (TPSA) is 58.6 Å². The lowest BCUT2D eigenvalue weighted by Crippen LogP contribution is -2.28. The highest BCUT2D eigenvalue weighted by molar-refractivity contribution is 7.92. The Morgan fingerprint density at radius 2 is 2.04 bits per heavy atom. The molecule has 0 spiro atoms. The molecule has 0 radical (unpaired) electrons. The van der Waals surface area contributed by atoms with Crippen molar-refractivity contribution in [2.24, 2.45) is 0 Å². The van der Waals surface area contributed by atoms with E-state index in [4.69, 9.17) is 4.74 Å². The van der Waals surface area contributed by atoms with Crippen LogP contribution in [0.1, 0.15) is 23.6 Å². The number of rotatable bonds is 5. The van der Waals surface area contributed by atoms with Crippen LogP contribution in [0.5, 0.6) is 5.75 Å². The number of likely N-dealkylation sites (N-methyl/N-ethyl adjacent to an activating group) is 1. The van der Waals surface area contributed by atoms with Gasteiger partial charge in [-0.2, -0.15) is 0 Å². The summed E-state index contributed by atoms with van der Waals surface area (Å²) >= 11 is 0. The number of sulfonamides is 1. The second-order valence-corrected chi connectivity index (χ2v) is 8.03. The summed E-state index contributed by atoms with van der Waals surface area (Å²) in [5, 5.41) is 0. The van der Waals surface area contributed by atoms with Gasteiger partial charge in [-0.05, 0) is 54.8 Å². The fourth-order valence-electron chi connectivity index (χ4n) is 3.16.